The van der Waals surface area contributed by atoms with Crippen LogP contribution in [0, 0.1) is 11.8 Å². The molecule has 0 saturated carbocycles. The molecule has 0 bridgehead atoms. The first-order valence-corrected chi connectivity index (χ1v) is 7.83. The zero-order valence-corrected chi connectivity index (χ0v) is 13.3. The minimum atomic E-state index is 0.715. The molecule has 0 heterocycles. The fourth-order valence-corrected chi connectivity index (χ4v) is 2.37. The highest BCUT2D eigenvalue weighted by Crippen LogP contribution is 2.20. The highest BCUT2D eigenvalue weighted by molar-refractivity contribution is 5.17. The van der Waals surface area contributed by atoms with Crippen LogP contribution in [-0.2, 0) is 12.8 Å². The summed E-state index contributed by atoms with van der Waals surface area (Å²) in [4.78, 5) is 0. The molecule has 20 heavy (non-hydrogen) atoms. The van der Waals surface area contributed by atoms with E-state index in [2.05, 4.69) is 74.5 Å². The van der Waals surface area contributed by atoms with Crippen LogP contribution in [0.2, 0.25) is 0 Å². The van der Waals surface area contributed by atoms with Gasteiger partial charge in [-0.1, -0.05) is 88.4 Å². The summed E-state index contributed by atoms with van der Waals surface area (Å²) in [6, 6.07) is 21.6. The molecule has 2 aromatic rings. The second kappa shape index (κ2) is 9.36. The standard InChI is InChI=1S/C18H22.C2H6/c1-15(13-17-9-5-3-6-10-17)16(2)14-18-11-7-4-8-12-18;1-2/h3-12,15-16H,13-14H2,1-2H3;1-2H3. The molecule has 2 rings (SSSR count). The molecule has 0 spiro atoms. The van der Waals surface area contributed by atoms with Crippen LogP contribution < -0.4 is 0 Å². The highest BCUT2D eigenvalue weighted by Gasteiger charge is 2.13. The normalized spacial score (nSPS) is 13.0. The average molecular weight is 268 g/mol. The Morgan fingerprint density at radius 2 is 0.900 bits per heavy atom. The summed E-state index contributed by atoms with van der Waals surface area (Å²) in [5.74, 6) is 1.43. The summed E-state index contributed by atoms with van der Waals surface area (Å²) >= 11 is 0. The summed E-state index contributed by atoms with van der Waals surface area (Å²) < 4.78 is 0. The van der Waals surface area contributed by atoms with Crippen molar-refractivity contribution in [2.24, 2.45) is 11.8 Å². The van der Waals surface area contributed by atoms with Crippen molar-refractivity contribution in [1.82, 2.24) is 0 Å². The molecule has 108 valence electrons. The van der Waals surface area contributed by atoms with Crippen LogP contribution in [-0.4, -0.2) is 0 Å². The maximum Gasteiger partial charge on any atom is -0.0250 e. The quantitative estimate of drug-likeness (QED) is 0.645. The largest absolute Gasteiger partial charge is 0.0683 e. The van der Waals surface area contributed by atoms with Crippen LogP contribution in [0.4, 0.5) is 0 Å². The van der Waals surface area contributed by atoms with Gasteiger partial charge < -0.3 is 0 Å². The minimum Gasteiger partial charge on any atom is -0.0683 e. The van der Waals surface area contributed by atoms with Crippen LogP contribution in [0.3, 0.4) is 0 Å². The van der Waals surface area contributed by atoms with Gasteiger partial charge in [-0.2, -0.15) is 0 Å². The maximum atomic E-state index is 2.36. The Bertz CT molecular complexity index is 398. The van der Waals surface area contributed by atoms with Crippen molar-refractivity contribution in [3.05, 3.63) is 71.8 Å². The molecule has 0 radical (unpaired) electrons. The van der Waals surface area contributed by atoms with Crippen molar-refractivity contribution < 1.29 is 0 Å². The fraction of sp³-hybridized carbons (Fsp3) is 0.400. The molecule has 2 atom stereocenters. The van der Waals surface area contributed by atoms with Gasteiger partial charge in [0.2, 0.25) is 0 Å². The van der Waals surface area contributed by atoms with Gasteiger partial charge in [0.05, 0.1) is 0 Å². The summed E-state index contributed by atoms with van der Waals surface area (Å²) in [6.07, 6.45) is 2.35. The molecule has 0 heteroatoms. The summed E-state index contributed by atoms with van der Waals surface area (Å²) in [6.45, 7) is 8.72. The van der Waals surface area contributed by atoms with Crippen LogP contribution >= 0.6 is 0 Å². The lowest BCUT2D eigenvalue weighted by molar-refractivity contribution is 0.383. The fourth-order valence-electron chi connectivity index (χ4n) is 2.37. The predicted molar refractivity (Wildman–Crippen MR) is 90.0 cm³/mol. The highest BCUT2D eigenvalue weighted by atomic mass is 14.2. The predicted octanol–water partition coefficient (Wildman–Crippen LogP) is 5.77. The average Bonchev–Trinajstić information content (AvgIpc) is 2.51. The van der Waals surface area contributed by atoms with Gasteiger partial charge in [0.15, 0.2) is 0 Å². The molecule has 0 amide bonds. The van der Waals surface area contributed by atoms with E-state index in [4.69, 9.17) is 0 Å². The number of hydrogen-bond donors (Lipinski definition) is 0. The Hall–Kier alpha value is -1.56. The van der Waals surface area contributed by atoms with E-state index in [1.807, 2.05) is 13.8 Å². The summed E-state index contributed by atoms with van der Waals surface area (Å²) in [7, 11) is 0. The Morgan fingerprint density at radius 1 is 0.600 bits per heavy atom. The molecule has 0 saturated heterocycles. The molecule has 2 unspecified atom stereocenters. The Balaban J connectivity index is 0.000000956. The lowest BCUT2D eigenvalue weighted by Crippen LogP contribution is -2.13. The molecular weight excluding hydrogens is 240 g/mol. The van der Waals surface area contributed by atoms with E-state index in [9.17, 15) is 0 Å². The van der Waals surface area contributed by atoms with Crippen LogP contribution in [0.15, 0.2) is 60.7 Å². The van der Waals surface area contributed by atoms with Gasteiger partial charge in [-0.15, -0.1) is 0 Å². The first kappa shape index (κ1) is 16.5. The van der Waals surface area contributed by atoms with E-state index in [0.717, 1.165) is 0 Å². The molecule has 0 fully saturated rings. The van der Waals surface area contributed by atoms with Crippen molar-refractivity contribution in [2.45, 2.75) is 40.5 Å². The monoisotopic (exact) mass is 268 g/mol. The second-order valence-corrected chi connectivity index (χ2v) is 5.33. The molecule has 0 aliphatic rings. The van der Waals surface area contributed by atoms with Gasteiger partial charge in [-0.25, -0.2) is 0 Å². The van der Waals surface area contributed by atoms with E-state index >= 15 is 0 Å². The minimum absolute atomic E-state index is 0.715. The van der Waals surface area contributed by atoms with Crippen molar-refractivity contribution in [2.75, 3.05) is 0 Å². The number of benzene rings is 2. The SMILES string of the molecule is CC.CC(Cc1ccccc1)C(C)Cc1ccccc1. The van der Waals surface area contributed by atoms with Crippen molar-refractivity contribution >= 4 is 0 Å². The molecule has 0 nitrogen and oxygen atoms in total. The van der Waals surface area contributed by atoms with E-state index < -0.39 is 0 Å². The molecule has 0 aliphatic carbocycles. The van der Waals surface area contributed by atoms with Crippen molar-refractivity contribution in [3.63, 3.8) is 0 Å². The third-order valence-corrected chi connectivity index (χ3v) is 3.77. The lowest BCUT2D eigenvalue weighted by atomic mass is 9.85. The van der Waals surface area contributed by atoms with Gasteiger partial charge >= 0.3 is 0 Å². The van der Waals surface area contributed by atoms with Gasteiger partial charge in [-0.05, 0) is 35.8 Å². The molecule has 0 N–H and O–H groups in total. The molecule has 0 aromatic heterocycles. The van der Waals surface area contributed by atoms with Crippen molar-refractivity contribution in [1.29, 1.82) is 0 Å². The molecule has 0 aliphatic heterocycles. The van der Waals surface area contributed by atoms with Gasteiger partial charge in [0.1, 0.15) is 0 Å². The third kappa shape index (κ3) is 5.61. The first-order chi connectivity index (χ1) is 9.75. The molecular formula is C20H28. The third-order valence-electron chi connectivity index (χ3n) is 3.77. The smallest absolute Gasteiger partial charge is 0.0250 e. The van der Waals surface area contributed by atoms with Gasteiger partial charge in [-0.3, -0.25) is 0 Å². The lowest BCUT2D eigenvalue weighted by Gasteiger charge is -2.20. The Kier molecular flexibility index (Phi) is 7.72. The number of rotatable bonds is 5. The zero-order chi connectivity index (χ0) is 14.8. The maximum absolute atomic E-state index is 2.36. The Morgan fingerprint density at radius 3 is 1.20 bits per heavy atom. The number of hydrogen-bond acceptors (Lipinski definition) is 0. The van der Waals surface area contributed by atoms with E-state index in [0.29, 0.717) is 11.8 Å². The van der Waals surface area contributed by atoms with E-state index in [-0.39, 0.29) is 0 Å². The summed E-state index contributed by atoms with van der Waals surface area (Å²) in [5, 5.41) is 0. The Labute approximate surface area is 124 Å². The second-order valence-electron chi connectivity index (χ2n) is 5.33. The first-order valence-electron chi connectivity index (χ1n) is 7.83. The zero-order valence-electron chi connectivity index (χ0n) is 13.3. The van der Waals surface area contributed by atoms with Crippen LogP contribution in [0.5, 0.6) is 0 Å². The van der Waals surface area contributed by atoms with E-state index in [1.165, 1.54) is 24.0 Å². The van der Waals surface area contributed by atoms with E-state index in [1.54, 1.807) is 0 Å². The van der Waals surface area contributed by atoms with Crippen LogP contribution in [0.1, 0.15) is 38.8 Å². The molecule has 2 aromatic carbocycles. The van der Waals surface area contributed by atoms with Gasteiger partial charge in [0.25, 0.3) is 0 Å². The topological polar surface area (TPSA) is 0 Å². The van der Waals surface area contributed by atoms with Gasteiger partial charge in [0, 0.05) is 0 Å². The van der Waals surface area contributed by atoms with Crippen LogP contribution in [0.25, 0.3) is 0 Å². The summed E-state index contributed by atoms with van der Waals surface area (Å²) in [5.41, 5.74) is 2.90. The van der Waals surface area contributed by atoms with Crippen molar-refractivity contribution in [3.8, 4) is 0 Å².